The fourth-order valence-electron chi connectivity index (χ4n) is 1.89. The molecule has 0 spiro atoms. The summed E-state index contributed by atoms with van der Waals surface area (Å²) < 4.78 is 5.45. The largest absolute Gasteiger partial charge is 0.377 e. The van der Waals surface area contributed by atoms with E-state index in [4.69, 9.17) is 9.84 Å². The van der Waals surface area contributed by atoms with Gasteiger partial charge in [0.15, 0.2) is 0 Å². The minimum atomic E-state index is -0.784. The molecule has 0 aliphatic carbocycles. The van der Waals surface area contributed by atoms with E-state index in [2.05, 4.69) is 37.2 Å². The summed E-state index contributed by atoms with van der Waals surface area (Å²) in [6, 6.07) is 0. The number of ether oxygens (including phenoxy) is 1. The van der Waals surface area contributed by atoms with Gasteiger partial charge in [0.05, 0.1) is 6.10 Å². The lowest BCUT2D eigenvalue weighted by atomic mass is 10.1. The predicted octanol–water partition coefficient (Wildman–Crippen LogP) is 3.06. The first-order valence-electron chi connectivity index (χ1n) is 7.25. The van der Waals surface area contributed by atoms with E-state index < -0.39 is 6.10 Å². The van der Waals surface area contributed by atoms with Crippen LogP contribution in [0.1, 0.15) is 51.9 Å². The fourth-order valence-corrected chi connectivity index (χ4v) is 1.89. The molecule has 1 rings (SSSR count). The van der Waals surface area contributed by atoms with Crippen molar-refractivity contribution in [1.29, 1.82) is 0 Å². The van der Waals surface area contributed by atoms with Crippen molar-refractivity contribution in [2.24, 2.45) is 0 Å². The highest BCUT2D eigenvalue weighted by molar-refractivity contribution is 5.31. The lowest BCUT2D eigenvalue weighted by molar-refractivity contribution is 0.281. The van der Waals surface area contributed by atoms with Crippen LogP contribution in [-0.4, -0.2) is 23.4 Å². The second kappa shape index (κ2) is 9.68. The van der Waals surface area contributed by atoms with E-state index in [1.165, 1.54) is 44.6 Å². The molecule has 0 bridgehead atoms. The van der Waals surface area contributed by atoms with Gasteiger partial charge < -0.3 is 9.84 Å². The quantitative estimate of drug-likeness (QED) is 0.315. The van der Waals surface area contributed by atoms with Crippen molar-refractivity contribution in [3.05, 3.63) is 12.7 Å². The van der Waals surface area contributed by atoms with Crippen molar-refractivity contribution in [3.63, 3.8) is 0 Å². The molecule has 1 heterocycles. The summed E-state index contributed by atoms with van der Waals surface area (Å²) in [5.74, 6) is 10.8. The topological polar surface area (TPSA) is 32.8 Å². The minimum Gasteiger partial charge on any atom is -0.377 e. The Kier molecular flexibility index (Phi) is 8.07. The number of unbranched alkanes of at least 4 members (excludes halogenated alkanes) is 5. The van der Waals surface area contributed by atoms with Crippen LogP contribution >= 0.6 is 0 Å². The van der Waals surface area contributed by atoms with Crippen LogP contribution in [-0.2, 0) is 4.74 Å². The first kappa shape index (κ1) is 15.8. The number of rotatable bonds is 8. The van der Waals surface area contributed by atoms with Gasteiger partial charge in [-0.2, -0.15) is 0 Å². The molecule has 0 aromatic heterocycles. The molecule has 0 radical (unpaired) electrons. The van der Waals surface area contributed by atoms with Crippen molar-refractivity contribution >= 4 is 0 Å². The Morgan fingerprint density at radius 1 is 1.21 bits per heavy atom. The van der Waals surface area contributed by atoms with Gasteiger partial charge in [0, 0.05) is 0 Å². The molecule has 0 amide bonds. The first-order valence-corrected chi connectivity index (χ1v) is 7.25. The average molecular weight is 260 g/mol. The summed E-state index contributed by atoms with van der Waals surface area (Å²) in [4.78, 5) is 0. The monoisotopic (exact) mass is 260 g/mol. The Hall–Kier alpha value is -1.22. The summed E-state index contributed by atoms with van der Waals surface area (Å²) >= 11 is 0. The zero-order chi connectivity index (χ0) is 13.9. The molecular formula is C17H24O2. The molecule has 1 aliphatic heterocycles. The van der Waals surface area contributed by atoms with Crippen LogP contribution in [0.25, 0.3) is 0 Å². The lowest BCUT2D eigenvalue weighted by Gasteiger charge is -1.97. The number of epoxide rings is 1. The lowest BCUT2D eigenvalue weighted by Crippen LogP contribution is -1.94. The highest BCUT2D eigenvalue weighted by Gasteiger charge is 2.36. The van der Waals surface area contributed by atoms with Crippen LogP contribution < -0.4 is 0 Å². The number of hydrogen-bond acceptors (Lipinski definition) is 2. The summed E-state index contributed by atoms with van der Waals surface area (Å²) in [5.41, 5.74) is 0. The summed E-state index contributed by atoms with van der Waals surface area (Å²) in [6.45, 7) is 5.67. The van der Waals surface area contributed by atoms with Crippen LogP contribution in [0.3, 0.4) is 0 Å². The van der Waals surface area contributed by atoms with Gasteiger partial charge in [-0.15, -0.1) is 0 Å². The van der Waals surface area contributed by atoms with Gasteiger partial charge in [-0.25, -0.2) is 0 Å². The fraction of sp³-hybridized carbons (Fsp3) is 0.647. The Morgan fingerprint density at radius 2 is 1.95 bits per heavy atom. The highest BCUT2D eigenvalue weighted by atomic mass is 16.6. The molecule has 0 aromatic rings. The third kappa shape index (κ3) is 7.73. The second-order valence-corrected chi connectivity index (χ2v) is 4.87. The van der Waals surface area contributed by atoms with E-state index >= 15 is 0 Å². The Balaban J connectivity index is 2.03. The zero-order valence-corrected chi connectivity index (χ0v) is 11.8. The number of aliphatic hydroxyl groups excluding tert-OH is 1. The Bertz CT molecular complexity index is 378. The molecule has 19 heavy (non-hydrogen) atoms. The number of aliphatic hydroxyl groups is 1. The van der Waals surface area contributed by atoms with Gasteiger partial charge >= 0.3 is 0 Å². The molecule has 2 heteroatoms. The molecule has 2 nitrogen and oxygen atoms in total. The summed E-state index contributed by atoms with van der Waals surface area (Å²) in [7, 11) is 0. The van der Waals surface area contributed by atoms with E-state index in [1.807, 2.05) is 0 Å². The average Bonchev–Trinajstić information content (AvgIpc) is 3.17. The minimum absolute atomic E-state index is 0.0609. The standard InChI is InChI=1S/C17H24O2/c1-3-5-6-7-8-9-13-16-17(19-16)14-11-10-12-15(18)4-2/h4,15-18H,2-3,5-9,13H2,1H3/t15-,16-,17-/m0/s1. The molecule has 0 aromatic carbocycles. The first-order chi connectivity index (χ1) is 9.27. The van der Waals surface area contributed by atoms with Crippen LogP contribution in [0.15, 0.2) is 12.7 Å². The molecule has 3 atom stereocenters. The van der Waals surface area contributed by atoms with Gasteiger partial charge in [0.2, 0.25) is 0 Å². The van der Waals surface area contributed by atoms with Gasteiger partial charge in [0.1, 0.15) is 12.2 Å². The van der Waals surface area contributed by atoms with Gasteiger partial charge in [0.25, 0.3) is 0 Å². The molecule has 1 N–H and O–H groups in total. The summed E-state index contributed by atoms with van der Waals surface area (Å²) in [5, 5.41) is 9.10. The normalized spacial score (nSPS) is 21.6. The summed E-state index contributed by atoms with van der Waals surface area (Å²) in [6.07, 6.45) is 9.93. The molecule has 0 saturated carbocycles. The van der Waals surface area contributed by atoms with Crippen molar-refractivity contribution in [2.75, 3.05) is 0 Å². The van der Waals surface area contributed by atoms with E-state index in [9.17, 15) is 0 Å². The third-order valence-electron chi connectivity index (χ3n) is 3.14. The third-order valence-corrected chi connectivity index (χ3v) is 3.14. The molecular weight excluding hydrogens is 236 g/mol. The molecule has 1 saturated heterocycles. The van der Waals surface area contributed by atoms with Crippen molar-refractivity contribution < 1.29 is 9.84 Å². The maximum Gasteiger partial charge on any atom is 0.145 e. The van der Waals surface area contributed by atoms with Crippen molar-refractivity contribution in [2.45, 2.75) is 70.2 Å². The van der Waals surface area contributed by atoms with Crippen LogP contribution in [0, 0.1) is 23.7 Å². The van der Waals surface area contributed by atoms with E-state index in [0.717, 1.165) is 6.42 Å². The molecule has 1 fully saturated rings. The van der Waals surface area contributed by atoms with Crippen LogP contribution in [0.5, 0.6) is 0 Å². The van der Waals surface area contributed by atoms with Crippen molar-refractivity contribution in [1.82, 2.24) is 0 Å². The Morgan fingerprint density at radius 3 is 2.68 bits per heavy atom. The van der Waals surface area contributed by atoms with Gasteiger partial charge in [-0.05, 0) is 18.3 Å². The molecule has 0 unspecified atom stereocenters. The van der Waals surface area contributed by atoms with E-state index in [-0.39, 0.29) is 6.10 Å². The van der Waals surface area contributed by atoms with Crippen LogP contribution in [0.2, 0.25) is 0 Å². The van der Waals surface area contributed by atoms with E-state index in [0.29, 0.717) is 6.10 Å². The molecule has 1 aliphatic rings. The molecule has 104 valence electrons. The van der Waals surface area contributed by atoms with Gasteiger partial charge in [-0.3, -0.25) is 0 Å². The number of hydrogen-bond donors (Lipinski definition) is 1. The maximum absolute atomic E-state index is 9.10. The smallest absolute Gasteiger partial charge is 0.145 e. The SMILES string of the molecule is C=C[C@H](O)C#CC#C[C@@H]1O[C@H]1CCCCCCCC. The predicted molar refractivity (Wildman–Crippen MR) is 78.4 cm³/mol. The van der Waals surface area contributed by atoms with Crippen molar-refractivity contribution in [3.8, 4) is 23.7 Å². The second-order valence-electron chi connectivity index (χ2n) is 4.87. The highest BCUT2D eigenvalue weighted by Crippen LogP contribution is 2.26. The zero-order valence-electron chi connectivity index (χ0n) is 11.8. The van der Waals surface area contributed by atoms with E-state index in [1.54, 1.807) is 0 Å². The van der Waals surface area contributed by atoms with Crippen LogP contribution in [0.4, 0.5) is 0 Å². The maximum atomic E-state index is 9.10. The van der Waals surface area contributed by atoms with Gasteiger partial charge in [-0.1, -0.05) is 69.9 Å². The Labute approximate surface area is 117 Å².